The van der Waals surface area contributed by atoms with Gasteiger partial charge in [-0.25, -0.2) is 14.8 Å². The first-order chi connectivity index (χ1) is 16.0. The smallest absolute Gasteiger partial charge is 0.319 e. The molecular weight excluding hydrogens is 420 g/mol. The molecule has 5 rings (SSSR count). The van der Waals surface area contributed by atoms with Gasteiger partial charge in [-0.3, -0.25) is 4.79 Å². The number of benzene rings is 1. The fourth-order valence-corrected chi connectivity index (χ4v) is 4.12. The first kappa shape index (κ1) is 20.7. The highest BCUT2D eigenvalue weighted by Crippen LogP contribution is 2.36. The fourth-order valence-electron chi connectivity index (χ4n) is 4.12. The topological polar surface area (TPSA) is 108 Å². The number of ether oxygens (including phenoxy) is 1. The Morgan fingerprint density at radius 1 is 1.12 bits per heavy atom. The largest absolute Gasteiger partial charge is 0.493 e. The molecule has 0 atom stereocenters. The molecule has 2 aromatic heterocycles. The van der Waals surface area contributed by atoms with Gasteiger partial charge in [0.25, 0.3) is 5.91 Å². The molecule has 0 saturated carbocycles. The van der Waals surface area contributed by atoms with E-state index in [2.05, 4.69) is 25.9 Å². The third-order valence-corrected chi connectivity index (χ3v) is 5.83. The summed E-state index contributed by atoms with van der Waals surface area (Å²) in [6, 6.07) is 9.11. The summed E-state index contributed by atoms with van der Waals surface area (Å²) in [4.78, 5) is 35.6. The maximum Gasteiger partial charge on any atom is 0.319 e. The minimum Gasteiger partial charge on any atom is -0.493 e. The average molecular weight is 444 g/mol. The number of aromatic nitrogens is 2. The van der Waals surface area contributed by atoms with Gasteiger partial charge in [-0.2, -0.15) is 0 Å². The molecule has 4 heterocycles. The molecular formula is C24H24N6O3. The second-order valence-corrected chi connectivity index (χ2v) is 7.93. The number of fused-ring (bicyclic) bond motifs is 3. The fraction of sp³-hybridized carbons (Fsp3) is 0.250. The van der Waals surface area contributed by atoms with E-state index in [9.17, 15) is 9.59 Å². The number of amides is 3. The van der Waals surface area contributed by atoms with E-state index in [1.165, 1.54) is 0 Å². The molecule has 0 spiro atoms. The van der Waals surface area contributed by atoms with Crippen molar-refractivity contribution in [2.75, 3.05) is 28.7 Å². The summed E-state index contributed by atoms with van der Waals surface area (Å²) >= 11 is 0. The highest BCUT2D eigenvalue weighted by molar-refractivity contribution is 6.11. The lowest BCUT2D eigenvalue weighted by molar-refractivity contribution is 0.102. The van der Waals surface area contributed by atoms with E-state index in [1.807, 2.05) is 49.1 Å². The molecule has 9 nitrogen and oxygen atoms in total. The molecule has 0 unspecified atom stereocenters. The van der Waals surface area contributed by atoms with E-state index in [4.69, 9.17) is 4.74 Å². The van der Waals surface area contributed by atoms with Gasteiger partial charge in [-0.05, 0) is 49.2 Å². The van der Waals surface area contributed by atoms with Gasteiger partial charge in [0.1, 0.15) is 11.6 Å². The lowest BCUT2D eigenvalue weighted by atomic mass is 10.1. The van der Waals surface area contributed by atoms with Crippen LogP contribution in [0.5, 0.6) is 5.75 Å². The number of aryl methyl sites for hydroxylation is 1. The summed E-state index contributed by atoms with van der Waals surface area (Å²) in [7, 11) is 0. The van der Waals surface area contributed by atoms with Crippen LogP contribution in [-0.2, 0) is 13.0 Å². The van der Waals surface area contributed by atoms with Gasteiger partial charge in [-0.15, -0.1) is 0 Å². The maximum absolute atomic E-state index is 13.0. The van der Waals surface area contributed by atoms with Crippen LogP contribution < -0.4 is 25.6 Å². The molecule has 0 radical (unpaired) electrons. The molecule has 2 aliphatic rings. The van der Waals surface area contributed by atoms with Crippen molar-refractivity contribution in [3.63, 3.8) is 0 Å². The molecule has 0 aliphatic carbocycles. The summed E-state index contributed by atoms with van der Waals surface area (Å²) in [5.41, 5.74) is 4.73. The van der Waals surface area contributed by atoms with Crippen LogP contribution in [0.1, 0.15) is 34.0 Å². The summed E-state index contributed by atoms with van der Waals surface area (Å²) < 4.78 is 6.01. The number of carbonyl (C=O) groups is 2. The third kappa shape index (κ3) is 3.82. The van der Waals surface area contributed by atoms with Crippen LogP contribution in [0, 0.1) is 6.92 Å². The SMILES string of the molecule is CCN1c2ncc(CCOc3cccc4c3CNC(=O)N4)cc2C(=O)Nc2c(C)ccnc21. The Labute approximate surface area is 191 Å². The van der Waals surface area contributed by atoms with Crippen molar-refractivity contribution in [1.29, 1.82) is 0 Å². The molecule has 3 N–H and O–H groups in total. The summed E-state index contributed by atoms with van der Waals surface area (Å²) in [6.07, 6.45) is 4.09. The van der Waals surface area contributed by atoms with Crippen molar-refractivity contribution in [1.82, 2.24) is 15.3 Å². The number of rotatable bonds is 5. The van der Waals surface area contributed by atoms with Crippen LogP contribution in [0.25, 0.3) is 0 Å². The molecule has 3 amide bonds. The van der Waals surface area contributed by atoms with Gasteiger partial charge < -0.3 is 25.6 Å². The molecule has 0 fully saturated rings. The first-order valence-corrected chi connectivity index (χ1v) is 10.9. The standard InChI is InChI=1S/C24H24N6O3/c1-3-30-21-16(23(31)29-20-14(2)7-9-25-22(20)30)11-15(12-26-21)8-10-33-19-6-4-5-18-17(19)13-27-24(32)28-18/h4-7,9,11-12H,3,8,10,13H2,1-2H3,(H,29,31)(H2,27,28,32). The minimum absolute atomic E-state index is 0.201. The van der Waals surface area contributed by atoms with E-state index >= 15 is 0 Å². The van der Waals surface area contributed by atoms with Crippen LogP contribution in [-0.4, -0.2) is 35.1 Å². The Morgan fingerprint density at radius 3 is 2.85 bits per heavy atom. The van der Waals surface area contributed by atoms with Crippen LogP contribution in [0.15, 0.2) is 42.7 Å². The van der Waals surface area contributed by atoms with Gasteiger partial charge in [0, 0.05) is 30.9 Å². The van der Waals surface area contributed by atoms with E-state index in [-0.39, 0.29) is 11.9 Å². The normalized spacial score (nSPS) is 14.2. The van der Waals surface area contributed by atoms with Crippen molar-refractivity contribution < 1.29 is 14.3 Å². The number of nitrogens with zero attached hydrogens (tertiary/aromatic N) is 3. The zero-order valence-corrected chi connectivity index (χ0v) is 18.4. The summed E-state index contributed by atoms with van der Waals surface area (Å²) in [5.74, 6) is 1.81. The number of anilines is 4. The Bertz CT molecular complexity index is 1260. The zero-order chi connectivity index (χ0) is 22.9. The number of hydrogen-bond acceptors (Lipinski definition) is 6. The molecule has 0 saturated heterocycles. The molecule has 33 heavy (non-hydrogen) atoms. The predicted molar refractivity (Wildman–Crippen MR) is 125 cm³/mol. The Balaban J connectivity index is 1.36. The highest BCUT2D eigenvalue weighted by Gasteiger charge is 2.28. The number of nitrogens with one attached hydrogen (secondary N) is 3. The summed E-state index contributed by atoms with van der Waals surface area (Å²) in [6.45, 7) is 5.41. The van der Waals surface area contributed by atoms with E-state index in [0.717, 1.165) is 28.1 Å². The van der Waals surface area contributed by atoms with Gasteiger partial charge in [0.05, 0.1) is 30.1 Å². The Hall–Kier alpha value is -4.14. The van der Waals surface area contributed by atoms with Crippen molar-refractivity contribution in [3.8, 4) is 5.75 Å². The molecule has 9 heteroatoms. The number of carbonyl (C=O) groups excluding carboxylic acids is 2. The lowest BCUT2D eigenvalue weighted by Gasteiger charge is -2.22. The van der Waals surface area contributed by atoms with Crippen LogP contribution in [0.3, 0.4) is 0 Å². The molecule has 2 aliphatic heterocycles. The zero-order valence-electron chi connectivity index (χ0n) is 18.4. The van der Waals surface area contributed by atoms with E-state index < -0.39 is 0 Å². The second kappa shape index (κ2) is 8.42. The van der Waals surface area contributed by atoms with Crippen molar-refractivity contribution in [2.45, 2.75) is 26.8 Å². The van der Waals surface area contributed by atoms with E-state index in [0.29, 0.717) is 49.0 Å². The Morgan fingerprint density at radius 2 is 2.00 bits per heavy atom. The van der Waals surface area contributed by atoms with E-state index in [1.54, 1.807) is 12.4 Å². The van der Waals surface area contributed by atoms with Gasteiger partial charge >= 0.3 is 6.03 Å². The highest BCUT2D eigenvalue weighted by atomic mass is 16.5. The Kier molecular flexibility index (Phi) is 5.29. The maximum atomic E-state index is 13.0. The minimum atomic E-state index is -0.220. The van der Waals surface area contributed by atoms with Crippen molar-refractivity contribution >= 4 is 34.9 Å². The molecule has 0 bridgehead atoms. The second-order valence-electron chi connectivity index (χ2n) is 7.93. The van der Waals surface area contributed by atoms with Gasteiger partial charge in [-0.1, -0.05) is 6.07 Å². The molecule has 168 valence electrons. The third-order valence-electron chi connectivity index (χ3n) is 5.83. The predicted octanol–water partition coefficient (Wildman–Crippen LogP) is 3.77. The molecule has 1 aromatic carbocycles. The summed E-state index contributed by atoms with van der Waals surface area (Å²) in [5, 5.41) is 8.54. The monoisotopic (exact) mass is 444 g/mol. The lowest BCUT2D eigenvalue weighted by Crippen LogP contribution is -2.33. The number of pyridine rings is 2. The van der Waals surface area contributed by atoms with Crippen LogP contribution >= 0.6 is 0 Å². The number of hydrogen-bond donors (Lipinski definition) is 3. The average Bonchev–Trinajstić information content (AvgIpc) is 2.93. The van der Waals surface area contributed by atoms with Crippen molar-refractivity contribution in [3.05, 3.63) is 65.0 Å². The van der Waals surface area contributed by atoms with Crippen LogP contribution in [0.4, 0.5) is 27.8 Å². The van der Waals surface area contributed by atoms with Gasteiger partial charge in [0.2, 0.25) is 0 Å². The first-order valence-electron chi connectivity index (χ1n) is 10.9. The van der Waals surface area contributed by atoms with Crippen LogP contribution in [0.2, 0.25) is 0 Å². The van der Waals surface area contributed by atoms with Gasteiger partial charge in [0.15, 0.2) is 5.82 Å². The number of urea groups is 1. The molecule has 3 aromatic rings. The van der Waals surface area contributed by atoms with Crippen molar-refractivity contribution in [2.24, 2.45) is 0 Å². The quantitative estimate of drug-likeness (QED) is 0.553.